The van der Waals surface area contributed by atoms with Crippen molar-refractivity contribution in [2.75, 3.05) is 6.54 Å². The van der Waals surface area contributed by atoms with E-state index in [9.17, 15) is 0 Å². The van der Waals surface area contributed by atoms with Crippen molar-refractivity contribution in [1.82, 2.24) is 9.55 Å². The van der Waals surface area contributed by atoms with Crippen LogP contribution in [0.2, 0.25) is 0 Å². The number of hydrogen-bond donors (Lipinski definition) is 1. The minimum Gasteiger partial charge on any atom is -0.357 e. The number of imidazole rings is 1. The van der Waals surface area contributed by atoms with Crippen molar-refractivity contribution >= 4 is 0 Å². The van der Waals surface area contributed by atoms with Gasteiger partial charge < -0.3 is 10.3 Å². The van der Waals surface area contributed by atoms with Crippen molar-refractivity contribution in [3.05, 3.63) is 18.2 Å². The molecule has 1 rings (SSSR count). The quantitative estimate of drug-likeness (QED) is 0.554. The van der Waals surface area contributed by atoms with E-state index in [1.165, 1.54) is 5.69 Å². The van der Waals surface area contributed by atoms with Gasteiger partial charge in [0, 0.05) is 25.4 Å². The van der Waals surface area contributed by atoms with Crippen LogP contribution in [0.3, 0.4) is 0 Å². The third kappa shape index (κ3) is 1.29. The molecule has 0 aliphatic rings. The standard InChI is InChI=1S/C6H11N3/c1-9-5-8-4-6(9)2-3-7/h4-5H,2-3,7H2,1H3/p+1. The lowest BCUT2D eigenvalue weighted by Gasteiger charge is -1.94. The molecule has 3 heteroatoms. The Balaban J connectivity index is 2.69. The summed E-state index contributed by atoms with van der Waals surface area (Å²) in [5.41, 5.74) is 5.02. The van der Waals surface area contributed by atoms with Crippen molar-refractivity contribution < 1.29 is 5.73 Å². The van der Waals surface area contributed by atoms with Crippen LogP contribution in [0.15, 0.2) is 12.5 Å². The van der Waals surface area contributed by atoms with Crippen molar-refractivity contribution in [3.8, 4) is 0 Å². The fourth-order valence-electron chi connectivity index (χ4n) is 0.807. The van der Waals surface area contributed by atoms with Gasteiger partial charge in [-0.25, -0.2) is 4.98 Å². The van der Waals surface area contributed by atoms with Crippen molar-refractivity contribution in [1.29, 1.82) is 0 Å². The molecule has 0 spiro atoms. The fourth-order valence-corrected chi connectivity index (χ4v) is 0.807. The average molecular weight is 126 g/mol. The SMILES string of the molecule is Cn1cncc1CC[NH3+]. The van der Waals surface area contributed by atoms with Crippen LogP contribution in [0.25, 0.3) is 0 Å². The second-order valence-corrected chi connectivity index (χ2v) is 2.10. The first kappa shape index (κ1) is 6.29. The predicted molar refractivity (Wildman–Crippen MR) is 34.7 cm³/mol. The van der Waals surface area contributed by atoms with Gasteiger partial charge in [0.2, 0.25) is 0 Å². The van der Waals surface area contributed by atoms with E-state index in [0.717, 1.165) is 13.0 Å². The van der Waals surface area contributed by atoms with Gasteiger partial charge in [-0.1, -0.05) is 0 Å². The van der Waals surface area contributed by atoms with E-state index < -0.39 is 0 Å². The molecule has 0 fully saturated rings. The molecule has 0 amide bonds. The van der Waals surface area contributed by atoms with E-state index in [4.69, 9.17) is 0 Å². The maximum Gasteiger partial charge on any atom is 0.0945 e. The van der Waals surface area contributed by atoms with Gasteiger partial charge >= 0.3 is 0 Å². The molecule has 1 heterocycles. The molecule has 0 aliphatic carbocycles. The third-order valence-corrected chi connectivity index (χ3v) is 1.35. The van der Waals surface area contributed by atoms with E-state index in [0.29, 0.717) is 0 Å². The topological polar surface area (TPSA) is 45.5 Å². The van der Waals surface area contributed by atoms with Crippen LogP contribution in [0.1, 0.15) is 5.69 Å². The van der Waals surface area contributed by atoms with Crippen molar-refractivity contribution in [2.45, 2.75) is 6.42 Å². The molecule has 9 heavy (non-hydrogen) atoms. The van der Waals surface area contributed by atoms with Crippen LogP contribution >= 0.6 is 0 Å². The van der Waals surface area contributed by atoms with E-state index >= 15 is 0 Å². The number of nitrogens with zero attached hydrogens (tertiary/aromatic N) is 2. The highest BCUT2D eigenvalue weighted by atomic mass is 15.0. The first-order valence-electron chi connectivity index (χ1n) is 3.09. The summed E-state index contributed by atoms with van der Waals surface area (Å²) in [7, 11) is 2.00. The lowest BCUT2D eigenvalue weighted by atomic mass is 10.3. The zero-order valence-electron chi connectivity index (χ0n) is 5.67. The van der Waals surface area contributed by atoms with Gasteiger partial charge in [0.1, 0.15) is 0 Å². The molecule has 3 N–H and O–H groups in total. The van der Waals surface area contributed by atoms with Crippen LogP contribution < -0.4 is 5.73 Å². The fraction of sp³-hybridized carbons (Fsp3) is 0.500. The molecule has 3 nitrogen and oxygen atoms in total. The van der Waals surface area contributed by atoms with Gasteiger partial charge in [-0.3, -0.25) is 0 Å². The van der Waals surface area contributed by atoms with Gasteiger partial charge in [0.25, 0.3) is 0 Å². The second-order valence-electron chi connectivity index (χ2n) is 2.10. The summed E-state index contributed by atoms with van der Waals surface area (Å²) in [6.45, 7) is 0.944. The van der Waals surface area contributed by atoms with Crippen molar-refractivity contribution in [3.63, 3.8) is 0 Å². The predicted octanol–water partition coefficient (Wildman–Crippen LogP) is -0.795. The third-order valence-electron chi connectivity index (χ3n) is 1.35. The number of hydrogen-bond acceptors (Lipinski definition) is 1. The largest absolute Gasteiger partial charge is 0.357 e. The molecule has 0 radical (unpaired) electrons. The zero-order valence-corrected chi connectivity index (χ0v) is 5.67. The summed E-state index contributed by atoms with van der Waals surface area (Å²) < 4.78 is 2.02. The first-order chi connectivity index (χ1) is 4.34. The lowest BCUT2D eigenvalue weighted by molar-refractivity contribution is -0.366. The summed E-state index contributed by atoms with van der Waals surface area (Å²) in [6, 6.07) is 0. The van der Waals surface area contributed by atoms with E-state index in [1.807, 2.05) is 24.1 Å². The number of aryl methyl sites for hydroxylation is 1. The van der Waals surface area contributed by atoms with Crippen LogP contribution in [0, 0.1) is 0 Å². The summed E-state index contributed by atoms with van der Waals surface area (Å²) in [5.74, 6) is 0. The minimum atomic E-state index is 0.944. The monoisotopic (exact) mass is 126 g/mol. The summed E-state index contributed by atoms with van der Waals surface area (Å²) in [5, 5.41) is 0. The highest BCUT2D eigenvalue weighted by Gasteiger charge is 1.94. The molecular formula is C6H12N3+. The number of rotatable bonds is 2. The van der Waals surface area contributed by atoms with E-state index in [1.54, 1.807) is 0 Å². The number of quaternary nitrogens is 1. The van der Waals surface area contributed by atoms with Crippen LogP contribution in [-0.4, -0.2) is 16.1 Å². The van der Waals surface area contributed by atoms with Gasteiger partial charge in [-0.2, -0.15) is 0 Å². The molecule has 50 valence electrons. The minimum absolute atomic E-state index is 0.944. The second kappa shape index (κ2) is 2.64. The maximum absolute atomic E-state index is 3.98. The Morgan fingerprint density at radius 2 is 2.56 bits per heavy atom. The normalized spacial score (nSPS) is 10.0. The Bertz CT molecular complexity index is 180. The lowest BCUT2D eigenvalue weighted by Crippen LogP contribution is -2.51. The molecule has 1 aromatic heterocycles. The van der Waals surface area contributed by atoms with E-state index in [-0.39, 0.29) is 0 Å². The molecule has 0 atom stereocenters. The summed E-state index contributed by atoms with van der Waals surface area (Å²) in [4.78, 5) is 3.98. The molecule has 0 aliphatic heterocycles. The highest BCUT2D eigenvalue weighted by Crippen LogP contribution is 1.94. The van der Waals surface area contributed by atoms with E-state index in [2.05, 4.69) is 10.7 Å². The van der Waals surface area contributed by atoms with Crippen LogP contribution in [0.4, 0.5) is 0 Å². The Morgan fingerprint density at radius 3 is 3.00 bits per heavy atom. The van der Waals surface area contributed by atoms with Gasteiger partial charge in [0.05, 0.1) is 12.9 Å². The van der Waals surface area contributed by atoms with Gasteiger partial charge in [-0.05, 0) is 0 Å². The molecule has 1 aromatic rings. The molecular weight excluding hydrogens is 114 g/mol. The molecule has 0 saturated heterocycles. The molecule has 0 aromatic carbocycles. The number of aromatic nitrogens is 2. The highest BCUT2D eigenvalue weighted by molar-refractivity contribution is 4.96. The maximum atomic E-state index is 3.98. The molecule has 0 bridgehead atoms. The molecule has 0 unspecified atom stereocenters. The smallest absolute Gasteiger partial charge is 0.0945 e. The van der Waals surface area contributed by atoms with Gasteiger partial charge in [0.15, 0.2) is 0 Å². The Kier molecular flexibility index (Phi) is 1.85. The molecule has 0 saturated carbocycles. The Morgan fingerprint density at radius 1 is 1.78 bits per heavy atom. The average Bonchev–Trinajstić information content (AvgIpc) is 2.18. The summed E-state index contributed by atoms with van der Waals surface area (Å²) in [6.07, 6.45) is 4.71. The zero-order chi connectivity index (χ0) is 6.69. The van der Waals surface area contributed by atoms with Gasteiger partial charge in [-0.15, -0.1) is 0 Å². The first-order valence-corrected chi connectivity index (χ1v) is 3.09. The van der Waals surface area contributed by atoms with Crippen LogP contribution in [-0.2, 0) is 13.5 Å². The summed E-state index contributed by atoms with van der Waals surface area (Å²) >= 11 is 0. The Labute approximate surface area is 54.5 Å². The van der Waals surface area contributed by atoms with Crippen LogP contribution in [0.5, 0.6) is 0 Å². The Hall–Kier alpha value is -0.830. The van der Waals surface area contributed by atoms with Crippen molar-refractivity contribution in [2.24, 2.45) is 7.05 Å².